The molecule has 0 atom stereocenters. The summed E-state index contributed by atoms with van der Waals surface area (Å²) >= 11 is 13.4. The molecule has 0 saturated heterocycles. The summed E-state index contributed by atoms with van der Waals surface area (Å²) < 4.78 is 4.93. The van der Waals surface area contributed by atoms with Crippen molar-refractivity contribution in [3.63, 3.8) is 0 Å². The third-order valence-corrected chi connectivity index (χ3v) is 3.71. The van der Waals surface area contributed by atoms with Gasteiger partial charge in [0.05, 0.1) is 10.8 Å². The van der Waals surface area contributed by atoms with Gasteiger partial charge in [0.15, 0.2) is 5.78 Å². The lowest BCUT2D eigenvalue weighted by Gasteiger charge is -2.04. The van der Waals surface area contributed by atoms with E-state index in [0.717, 1.165) is 18.8 Å². The summed E-state index contributed by atoms with van der Waals surface area (Å²) in [5.41, 5.74) is 0.499. The molecule has 0 aliphatic carbocycles. The van der Waals surface area contributed by atoms with Crippen LogP contribution < -0.4 is 0 Å². The van der Waals surface area contributed by atoms with E-state index in [0.29, 0.717) is 21.4 Å². The van der Waals surface area contributed by atoms with Crippen molar-refractivity contribution in [3.05, 3.63) is 33.8 Å². The molecule has 0 aliphatic heterocycles. The summed E-state index contributed by atoms with van der Waals surface area (Å²) in [4.78, 5) is 11.9. The van der Waals surface area contributed by atoms with Gasteiger partial charge < -0.3 is 4.74 Å². The molecule has 0 bridgehead atoms. The van der Waals surface area contributed by atoms with Crippen LogP contribution in [0.1, 0.15) is 16.8 Å². The van der Waals surface area contributed by atoms with Gasteiger partial charge in [-0.1, -0.05) is 23.2 Å². The van der Waals surface area contributed by atoms with Crippen molar-refractivity contribution in [2.75, 3.05) is 25.2 Å². The van der Waals surface area contributed by atoms with Gasteiger partial charge >= 0.3 is 0 Å². The van der Waals surface area contributed by atoms with Crippen LogP contribution in [0.25, 0.3) is 0 Å². The molecule has 5 heteroatoms. The van der Waals surface area contributed by atoms with Crippen LogP contribution in [0.3, 0.4) is 0 Å². The standard InChI is InChI=1S/C12H14Cl2O2S/c1-16-5-2-6-17-8-12(15)10-7-9(13)3-4-11(10)14/h3-4,7H,2,5-6,8H2,1H3. The Balaban J connectivity index is 2.44. The molecule has 0 aromatic heterocycles. The van der Waals surface area contributed by atoms with Crippen LogP contribution in [0.4, 0.5) is 0 Å². The lowest BCUT2D eigenvalue weighted by atomic mass is 10.1. The van der Waals surface area contributed by atoms with Crippen LogP contribution in [0, 0.1) is 0 Å². The zero-order valence-corrected chi connectivity index (χ0v) is 11.9. The molecule has 0 amide bonds. The van der Waals surface area contributed by atoms with Gasteiger partial charge in [0.25, 0.3) is 0 Å². The van der Waals surface area contributed by atoms with Crippen LogP contribution in [0.15, 0.2) is 18.2 Å². The topological polar surface area (TPSA) is 26.3 Å². The predicted octanol–water partition coefficient (Wildman–Crippen LogP) is 3.95. The first-order valence-corrected chi connectivity index (χ1v) is 7.11. The van der Waals surface area contributed by atoms with Crippen molar-refractivity contribution >= 4 is 40.7 Å². The fourth-order valence-electron chi connectivity index (χ4n) is 1.26. The van der Waals surface area contributed by atoms with Crippen molar-refractivity contribution in [1.29, 1.82) is 0 Å². The van der Waals surface area contributed by atoms with E-state index in [2.05, 4.69) is 0 Å². The molecule has 0 fully saturated rings. The fraction of sp³-hybridized carbons (Fsp3) is 0.417. The normalized spacial score (nSPS) is 10.5. The number of hydrogen-bond donors (Lipinski definition) is 0. The second-order valence-corrected chi connectivity index (χ2v) is 5.40. The zero-order chi connectivity index (χ0) is 12.7. The van der Waals surface area contributed by atoms with E-state index in [4.69, 9.17) is 27.9 Å². The molecule has 0 saturated carbocycles. The summed E-state index contributed by atoms with van der Waals surface area (Å²) in [7, 11) is 1.67. The van der Waals surface area contributed by atoms with Crippen LogP contribution in [-0.2, 0) is 4.74 Å². The third-order valence-electron chi connectivity index (χ3n) is 2.10. The number of benzene rings is 1. The summed E-state index contributed by atoms with van der Waals surface area (Å²) in [6, 6.07) is 4.93. The minimum atomic E-state index is 0.0138. The summed E-state index contributed by atoms with van der Waals surface area (Å²) in [5, 5.41) is 0.985. The lowest BCUT2D eigenvalue weighted by molar-refractivity contribution is 0.102. The van der Waals surface area contributed by atoms with Gasteiger partial charge in [0.2, 0.25) is 0 Å². The maximum absolute atomic E-state index is 11.9. The highest BCUT2D eigenvalue weighted by atomic mass is 35.5. The summed E-state index contributed by atoms with van der Waals surface area (Å²) in [6.45, 7) is 0.721. The molecule has 0 spiro atoms. The van der Waals surface area contributed by atoms with Crippen LogP contribution in [-0.4, -0.2) is 31.0 Å². The smallest absolute Gasteiger partial charge is 0.174 e. The van der Waals surface area contributed by atoms with Gasteiger partial charge in [-0.25, -0.2) is 0 Å². The average Bonchev–Trinajstić information content (AvgIpc) is 2.32. The second-order valence-electron chi connectivity index (χ2n) is 3.45. The largest absolute Gasteiger partial charge is 0.385 e. The average molecular weight is 293 g/mol. The first-order chi connectivity index (χ1) is 8.15. The minimum absolute atomic E-state index is 0.0138. The number of ether oxygens (including phenoxy) is 1. The monoisotopic (exact) mass is 292 g/mol. The second kappa shape index (κ2) is 7.98. The van der Waals surface area contributed by atoms with Gasteiger partial charge in [0, 0.05) is 24.3 Å². The molecule has 0 N–H and O–H groups in total. The molecule has 1 rings (SSSR count). The van der Waals surface area contributed by atoms with E-state index in [1.54, 1.807) is 37.1 Å². The maximum atomic E-state index is 11.9. The Labute approximate surface area is 116 Å². The Morgan fingerprint density at radius 3 is 2.88 bits per heavy atom. The molecular weight excluding hydrogens is 279 g/mol. The highest BCUT2D eigenvalue weighted by Gasteiger charge is 2.10. The van der Waals surface area contributed by atoms with Crippen molar-refractivity contribution in [2.24, 2.45) is 0 Å². The van der Waals surface area contributed by atoms with Crippen molar-refractivity contribution in [2.45, 2.75) is 6.42 Å². The number of ketones is 1. The Bertz CT molecular complexity index is 383. The Kier molecular flexibility index (Phi) is 6.97. The SMILES string of the molecule is COCCCSCC(=O)c1cc(Cl)ccc1Cl. The van der Waals surface area contributed by atoms with E-state index < -0.39 is 0 Å². The first kappa shape index (κ1) is 14.8. The number of rotatable bonds is 7. The Morgan fingerprint density at radius 1 is 1.41 bits per heavy atom. The van der Waals surface area contributed by atoms with E-state index in [1.807, 2.05) is 0 Å². The third kappa shape index (κ3) is 5.30. The number of Topliss-reactive ketones (excluding diaryl/α,β-unsaturated/α-hetero) is 1. The number of carbonyl (C=O) groups is 1. The molecular formula is C12H14Cl2O2S. The molecule has 1 aromatic carbocycles. The highest BCUT2D eigenvalue weighted by molar-refractivity contribution is 7.99. The van der Waals surface area contributed by atoms with Gasteiger partial charge in [-0.3, -0.25) is 4.79 Å². The molecule has 94 valence electrons. The number of hydrogen-bond acceptors (Lipinski definition) is 3. The molecule has 17 heavy (non-hydrogen) atoms. The fourth-order valence-corrected chi connectivity index (χ4v) is 2.46. The van der Waals surface area contributed by atoms with E-state index in [9.17, 15) is 4.79 Å². The minimum Gasteiger partial charge on any atom is -0.385 e. The Hall–Kier alpha value is -0.220. The van der Waals surface area contributed by atoms with E-state index in [-0.39, 0.29) is 5.78 Å². The molecule has 0 aliphatic rings. The maximum Gasteiger partial charge on any atom is 0.174 e. The van der Waals surface area contributed by atoms with Crippen LogP contribution in [0.5, 0.6) is 0 Å². The van der Waals surface area contributed by atoms with Gasteiger partial charge in [-0.2, -0.15) is 11.8 Å². The number of carbonyl (C=O) groups excluding carboxylic acids is 1. The molecule has 1 aromatic rings. The predicted molar refractivity (Wildman–Crippen MR) is 74.6 cm³/mol. The molecule has 0 radical (unpaired) electrons. The van der Waals surface area contributed by atoms with Crippen LogP contribution in [0.2, 0.25) is 10.0 Å². The van der Waals surface area contributed by atoms with Crippen molar-refractivity contribution in [3.8, 4) is 0 Å². The van der Waals surface area contributed by atoms with E-state index in [1.165, 1.54) is 0 Å². The van der Waals surface area contributed by atoms with Gasteiger partial charge in [-0.15, -0.1) is 0 Å². The van der Waals surface area contributed by atoms with E-state index >= 15 is 0 Å². The summed E-state index contributed by atoms with van der Waals surface area (Å²) in [5.74, 6) is 1.33. The van der Waals surface area contributed by atoms with Gasteiger partial charge in [0.1, 0.15) is 0 Å². The highest BCUT2D eigenvalue weighted by Crippen LogP contribution is 2.22. The molecule has 0 unspecified atom stereocenters. The number of thioether (sulfide) groups is 1. The number of halogens is 2. The zero-order valence-electron chi connectivity index (χ0n) is 9.54. The number of methoxy groups -OCH3 is 1. The van der Waals surface area contributed by atoms with Gasteiger partial charge in [-0.05, 0) is 30.4 Å². The lowest BCUT2D eigenvalue weighted by Crippen LogP contribution is -2.04. The van der Waals surface area contributed by atoms with Crippen LogP contribution >= 0.6 is 35.0 Å². The Morgan fingerprint density at radius 2 is 2.18 bits per heavy atom. The molecule has 0 heterocycles. The van der Waals surface area contributed by atoms with Crippen molar-refractivity contribution < 1.29 is 9.53 Å². The summed E-state index contributed by atoms with van der Waals surface area (Å²) in [6.07, 6.45) is 0.942. The van der Waals surface area contributed by atoms with Crippen molar-refractivity contribution in [1.82, 2.24) is 0 Å². The quantitative estimate of drug-likeness (QED) is 0.562. The molecule has 2 nitrogen and oxygen atoms in total. The first-order valence-electron chi connectivity index (χ1n) is 5.20.